The summed E-state index contributed by atoms with van der Waals surface area (Å²) in [7, 11) is 2.09. The maximum absolute atomic E-state index is 3.51. The van der Waals surface area contributed by atoms with E-state index >= 15 is 0 Å². The van der Waals surface area contributed by atoms with Crippen LogP contribution in [0.15, 0.2) is 29.6 Å². The number of hydrogen-bond acceptors (Lipinski definition) is 2. The molecular weight excluding hydrogens is 238 g/mol. The van der Waals surface area contributed by atoms with Crippen molar-refractivity contribution in [1.29, 1.82) is 0 Å². The molecular formula is C16H23NS. The van der Waals surface area contributed by atoms with Gasteiger partial charge < -0.3 is 5.32 Å². The van der Waals surface area contributed by atoms with Crippen LogP contribution in [0.2, 0.25) is 0 Å². The molecule has 1 aromatic carbocycles. The van der Waals surface area contributed by atoms with E-state index in [0.717, 1.165) is 12.3 Å². The third-order valence-electron chi connectivity index (χ3n) is 3.99. The van der Waals surface area contributed by atoms with E-state index in [9.17, 15) is 0 Å². The van der Waals surface area contributed by atoms with Crippen LogP contribution in [0.5, 0.6) is 0 Å². The molecule has 0 aliphatic rings. The van der Waals surface area contributed by atoms with Crippen LogP contribution in [-0.2, 0) is 6.42 Å². The van der Waals surface area contributed by atoms with Gasteiger partial charge in [0.1, 0.15) is 0 Å². The van der Waals surface area contributed by atoms with Gasteiger partial charge in [-0.2, -0.15) is 0 Å². The molecule has 0 radical (unpaired) electrons. The molecule has 2 rings (SSSR count). The summed E-state index contributed by atoms with van der Waals surface area (Å²) in [6.45, 7) is 4.59. The minimum Gasteiger partial charge on any atom is -0.316 e. The highest BCUT2D eigenvalue weighted by atomic mass is 32.1. The zero-order valence-electron chi connectivity index (χ0n) is 11.6. The number of nitrogens with one attached hydrogen (secondary N) is 1. The van der Waals surface area contributed by atoms with Gasteiger partial charge in [-0.25, -0.2) is 0 Å². The lowest BCUT2D eigenvalue weighted by molar-refractivity contribution is 0.350. The summed E-state index contributed by atoms with van der Waals surface area (Å²) in [5, 5.41) is 7.28. The summed E-state index contributed by atoms with van der Waals surface area (Å²) >= 11 is 1.87. The second-order valence-electron chi connectivity index (χ2n) is 4.93. The van der Waals surface area contributed by atoms with Gasteiger partial charge in [-0.3, -0.25) is 0 Å². The molecule has 0 fully saturated rings. The molecule has 1 nitrogen and oxygen atoms in total. The zero-order chi connectivity index (χ0) is 13.0. The highest BCUT2D eigenvalue weighted by molar-refractivity contribution is 7.17. The number of rotatable bonds is 6. The van der Waals surface area contributed by atoms with E-state index in [4.69, 9.17) is 0 Å². The van der Waals surface area contributed by atoms with Gasteiger partial charge >= 0.3 is 0 Å². The van der Waals surface area contributed by atoms with Gasteiger partial charge in [0, 0.05) is 10.7 Å². The first kappa shape index (κ1) is 13.6. The van der Waals surface area contributed by atoms with Crippen molar-refractivity contribution >= 4 is 21.4 Å². The van der Waals surface area contributed by atoms with E-state index in [-0.39, 0.29) is 0 Å². The Kier molecular flexibility index (Phi) is 4.79. The monoisotopic (exact) mass is 261 g/mol. The SMILES string of the molecule is CCC(CC)C(Cc1csc2ccccc12)NC. The largest absolute Gasteiger partial charge is 0.316 e. The lowest BCUT2D eigenvalue weighted by Crippen LogP contribution is -2.35. The number of hydrogen-bond donors (Lipinski definition) is 1. The van der Waals surface area contributed by atoms with Crippen molar-refractivity contribution < 1.29 is 0 Å². The third-order valence-corrected chi connectivity index (χ3v) is 5.00. The van der Waals surface area contributed by atoms with Gasteiger partial charge in [0.05, 0.1) is 0 Å². The highest BCUT2D eigenvalue weighted by Crippen LogP contribution is 2.28. The fraction of sp³-hybridized carbons (Fsp3) is 0.500. The Bertz CT molecular complexity index is 485. The van der Waals surface area contributed by atoms with E-state index in [2.05, 4.69) is 55.9 Å². The first-order valence-corrected chi connectivity index (χ1v) is 7.80. The van der Waals surface area contributed by atoms with Gasteiger partial charge in [-0.1, -0.05) is 44.9 Å². The molecule has 0 amide bonds. The lowest BCUT2D eigenvalue weighted by atomic mass is 9.89. The Morgan fingerprint density at radius 3 is 2.56 bits per heavy atom. The fourth-order valence-electron chi connectivity index (χ4n) is 2.79. The molecule has 98 valence electrons. The number of likely N-dealkylation sites (N-methyl/N-ethyl adjacent to an activating group) is 1. The van der Waals surface area contributed by atoms with Crippen LogP contribution < -0.4 is 5.32 Å². The quantitative estimate of drug-likeness (QED) is 0.809. The van der Waals surface area contributed by atoms with E-state index in [0.29, 0.717) is 6.04 Å². The van der Waals surface area contributed by atoms with Crippen molar-refractivity contribution in [3.05, 3.63) is 35.2 Å². The second kappa shape index (κ2) is 6.35. The van der Waals surface area contributed by atoms with Crippen LogP contribution in [0, 0.1) is 5.92 Å². The third kappa shape index (κ3) is 2.76. The normalized spacial score (nSPS) is 13.3. The maximum atomic E-state index is 3.51. The molecule has 1 atom stereocenters. The second-order valence-corrected chi connectivity index (χ2v) is 5.84. The minimum atomic E-state index is 0.595. The van der Waals surface area contributed by atoms with Crippen molar-refractivity contribution in [3.63, 3.8) is 0 Å². The van der Waals surface area contributed by atoms with Crippen LogP contribution in [0.25, 0.3) is 10.1 Å². The van der Waals surface area contributed by atoms with Gasteiger partial charge in [-0.05, 0) is 41.8 Å². The van der Waals surface area contributed by atoms with E-state index < -0.39 is 0 Å². The molecule has 1 N–H and O–H groups in total. The Labute approximate surface area is 114 Å². The smallest absolute Gasteiger partial charge is 0.0345 e. The first-order chi connectivity index (χ1) is 8.80. The fourth-order valence-corrected chi connectivity index (χ4v) is 3.77. The Balaban J connectivity index is 2.21. The average molecular weight is 261 g/mol. The summed E-state index contributed by atoms with van der Waals surface area (Å²) in [5.74, 6) is 0.772. The Hall–Kier alpha value is -0.860. The number of fused-ring (bicyclic) bond motifs is 1. The molecule has 1 heterocycles. The van der Waals surface area contributed by atoms with E-state index in [1.165, 1.54) is 28.5 Å². The summed E-state index contributed by atoms with van der Waals surface area (Å²) in [5.41, 5.74) is 1.50. The molecule has 0 bridgehead atoms. The standard InChI is InChI=1S/C16H23NS/c1-4-12(5-2)15(17-3)10-13-11-18-16-9-7-6-8-14(13)16/h6-9,11-12,15,17H,4-5,10H2,1-3H3. The van der Waals surface area contributed by atoms with Gasteiger partial charge in [0.15, 0.2) is 0 Å². The maximum Gasteiger partial charge on any atom is 0.0345 e. The van der Waals surface area contributed by atoms with Crippen molar-refractivity contribution in [2.24, 2.45) is 5.92 Å². The predicted octanol–water partition coefficient (Wildman–Crippen LogP) is 4.47. The van der Waals surface area contributed by atoms with Crippen molar-refractivity contribution in [3.8, 4) is 0 Å². The average Bonchev–Trinajstić information content (AvgIpc) is 2.82. The highest BCUT2D eigenvalue weighted by Gasteiger charge is 2.18. The molecule has 2 heteroatoms. The van der Waals surface area contributed by atoms with Gasteiger partial charge in [0.25, 0.3) is 0 Å². The van der Waals surface area contributed by atoms with E-state index in [1.807, 2.05) is 11.3 Å². The molecule has 1 unspecified atom stereocenters. The Morgan fingerprint density at radius 2 is 1.89 bits per heavy atom. The predicted molar refractivity (Wildman–Crippen MR) is 82.4 cm³/mol. The zero-order valence-corrected chi connectivity index (χ0v) is 12.4. The molecule has 0 spiro atoms. The summed E-state index contributed by atoms with van der Waals surface area (Å²) in [4.78, 5) is 0. The van der Waals surface area contributed by atoms with Gasteiger partial charge in [-0.15, -0.1) is 11.3 Å². The summed E-state index contributed by atoms with van der Waals surface area (Å²) in [6, 6.07) is 9.33. The molecule has 0 aliphatic heterocycles. The lowest BCUT2D eigenvalue weighted by Gasteiger charge is -2.24. The van der Waals surface area contributed by atoms with Crippen molar-refractivity contribution in [1.82, 2.24) is 5.32 Å². The minimum absolute atomic E-state index is 0.595. The summed E-state index contributed by atoms with van der Waals surface area (Å²) < 4.78 is 1.41. The Morgan fingerprint density at radius 1 is 1.17 bits per heavy atom. The number of thiophene rings is 1. The molecule has 0 saturated heterocycles. The number of benzene rings is 1. The molecule has 1 aromatic heterocycles. The van der Waals surface area contributed by atoms with Crippen LogP contribution in [0.3, 0.4) is 0 Å². The van der Waals surface area contributed by atoms with E-state index in [1.54, 1.807) is 0 Å². The summed E-state index contributed by atoms with van der Waals surface area (Å²) in [6.07, 6.45) is 3.65. The van der Waals surface area contributed by atoms with Gasteiger partial charge in [0.2, 0.25) is 0 Å². The molecule has 0 saturated carbocycles. The topological polar surface area (TPSA) is 12.0 Å². The molecule has 0 aliphatic carbocycles. The van der Waals surface area contributed by atoms with Crippen LogP contribution in [-0.4, -0.2) is 13.1 Å². The van der Waals surface area contributed by atoms with Crippen LogP contribution in [0.4, 0.5) is 0 Å². The van der Waals surface area contributed by atoms with Crippen molar-refractivity contribution in [2.75, 3.05) is 7.05 Å². The van der Waals surface area contributed by atoms with Crippen molar-refractivity contribution in [2.45, 2.75) is 39.2 Å². The van der Waals surface area contributed by atoms with Crippen LogP contribution >= 0.6 is 11.3 Å². The van der Waals surface area contributed by atoms with Crippen LogP contribution in [0.1, 0.15) is 32.3 Å². The molecule has 18 heavy (non-hydrogen) atoms. The molecule has 2 aromatic rings. The first-order valence-electron chi connectivity index (χ1n) is 6.92.